The maximum absolute atomic E-state index is 12.5. The number of amides is 1. The molecule has 4 nitrogen and oxygen atoms in total. The van der Waals surface area contributed by atoms with Crippen molar-refractivity contribution in [1.82, 2.24) is 5.32 Å². The van der Waals surface area contributed by atoms with Gasteiger partial charge >= 0.3 is 0 Å². The largest absolute Gasteiger partial charge is 0.394 e. The molecule has 0 rings (SSSR count). The average Bonchev–Trinajstić information content (AvgIpc) is 3.41. The van der Waals surface area contributed by atoms with Crippen LogP contribution in [0.4, 0.5) is 0 Å². The van der Waals surface area contributed by atoms with Gasteiger partial charge in [0, 0.05) is 6.42 Å². The van der Waals surface area contributed by atoms with Gasteiger partial charge in [0.25, 0.3) is 0 Å². The smallest absolute Gasteiger partial charge is 0.220 e. The monoisotopic (exact) mass is 1030 g/mol. The third-order valence-corrected chi connectivity index (χ3v) is 12.9. The number of nitrogens with one attached hydrogen (secondary N) is 1. The van der Waals surface area contributed by atoms with Gasteiger partial charge in [-0.3, -0.25) is 4.79 Å². The summed E-state index contributed by atoms with van der Waals surface area (Å²) in [5.74, 6) is -0.122. The summed E-state index contributed by atoms with van der Waals surface area (Å²) in [6.45, 7) is 4.17. The zero-order chi connectivity index (χ0) is 54.1. The highest BCUT2D eigenvalue weighted by molar-refractivity contribution is 5.76. The van der Waals surface area contributed by atoms with Crippen LogP contribution in [0.1, 0.15) is 251 Å². The van der Waals surface area contributed by atoms with Crippen LogP contribution in [0.15, 0.2) is 170 Å². The van der Waals surface area contributed by atoms with E-state index in [9.17, 15) is 15.0 Å². The van der Waals surface area contributed by atoms with Crippen molar-refractivity contribution in [2.24, 2.45) is 0 Å². The minimum atomic E-state index is -0.895. The molecule has 1 amide bonds. The fourth-order valence-corrected chi connectivity index (χ4v) is 8.29. The highest BCUT2D eigenvalue weighted by Gasteiger charge is 2.17. The number of hydrogen-bond donors (Lipinski definition) is 3. The zero-order valence-electron chi connectivity index (χ0n) is 48.5. The van der Waals surface area contributed by atoms with Crippen LogP contribution in [0.3, 0.4) is 0 Å². The normalized spacial score (nSPS) is 14.0. The molecule has 75 heavy (non-hydrogen) atoms. The molecule has 4 heteroatoms. The van der Waals surface area contributed by atoms with E-state index in [4.69, 9.17) is 0 Å². The average molecular weight is 1030 g/mol. The van der Waals surface area contributed by atoms with Gasteiger partial charge in [0.1, 0.15) is 0 Å². The number of carbonyl (C=O) groups excluding carboxylic acids is 1. The molecule has 0 aromatic carbocycles. The quantitative estimate of drug-likeness (QED) is 0.0420. The molecule has 422 valence electrons. The predicted octanol–water partition coefficient (Wildman–Crippen LogP) is 21.1. The molecular weight excluding hydrogens is 915 g/mol. The fraction of sp³-hybridized carbons (Fsp3) is 0.592. The highest BCUT2D eigenvalue weighted by atomic mass is 16.3. The summed E-state index contributed by atoms with van der Waals surface area (Å²) in [6.07, 6.45) is 104. The molecule has 0 radical (unpaired) electrons. The minimum absolute atomic E-state index is 0.122. The molecule has 3 N–H and O–H groups in total. The van der Waals surface area contributed by atoms with Crippen LogP contribution in [0.25, 0.3) is 0 Å². The standard InChI is InChI=1S/C71H115NO3/c1-3-5-7-9-11-13-15-17-19-21-23-25-27-29-30-31-32-33-34-35-36-37-38-39-40-41-42-43-45-47-49-51-53-55-57-59-61-63-65-67-71(75)72-69(68-73)70(74)66-64-62-60-58-56-54-52-50-48-46-44-28-26-24-22-20-18-16-14-12-10-8-6-4-2/h5,7,11,13,17,19,23,25,29-30,32-33,35-36,38-39,41-42,45,47,51,53,56-59,64,66,69-70,73-74H,3-4,6,8-10,12,14-16,18,20-22,24,26-28,31,34,37,40,43-44,46,48-50,52,54-55,60-63,65,67-68H2,1-2H3,(H,72,75)/b7-5-,13-11-,19-17-,25-23-,30-29-,33-32-,36-35-,39-38-,42-41-,47-45-,53-51-,58-56+,59-57-,66-64+. The second-order valence-corrected chi connectivity index (χ2v) is 20.0. The van der Waals surface area contributed by atoms with Gasteiger partial charge in [-0.2, -0.15) is 0 Å². The van der Waals surface area contributed by atoms with Crippen molar-refractivity contribution in [2.45, 2.75) is 264 Å². The molecule has 0 aliphatic rings. The Labute approximate surface area is 464 Å². The molecule has 0 aromatic heterocycles. The molecule has 0 spiro atoms. The Hall–Kier alpha value is -4.25. The summed E-state index contributed by atoms with van der Waals surface area (Å²) < 4.78 is 0. The summed E-state index contributed by atoms with van der Waals surface area (Å²) in [6, 6.07) is -0.677. The van der Waals surface area contributed by atoms with Crippen LogP contribution in [0.5, 0.6) is 0 Å². The van der Waals surface area contributed by atoms with Gasteiger partial charge in [0.15, 0.2) is 0 Å². The number of aliphatic hydroxyl groups excluding tert-OH is 2. The second kappa shape index (κ2) is 64.0. The molecule has 0 bridgehead atoms. The Bertz CT molecular complexity index is 1640. The van der Waals surface area contributed by atoms with E-state index in [0.29, 0.717) is 6.42 Å². The van der Waals surface area contributed by atoms with E-state index in [1.54, 1.807) is 6.08 Å². The van der Waals surface area contributed by atoms with Gasteiger partial charge < -0.3 is 15.5 Å². The summed E-state index contributed by atoms with van der Waals surface area (Å²) in [5.41, 5.74) is 0. The molecule has 0 aromatic rings. The number of unbranched alkanes of at least 4 members (excludes halogenated alkanes) is 21. The van der Waals surface area contributed by atoms with Crippen LogP contribution >= 0.6 is 0 Å². The first-order valence-corrected chi connectivity index (χ1v) is 30.8. The molecule has 0 aliphatic heterocycles. The first-order chi connectivity index (χ1) is 37.2. The molecule has 0 saturated carbocycles. The Kier molecular flexibility index (Phi) is 60.4. The van der Waals surface area contributed by atoms with Crippen LogP contribution in [-0.2, 0) is 4.79 Å². The lowest BCUT2D eigenvalue weighted by molar-refractivity contribution is -0.123. The molecule has 0 heterocycles. The summed E-state index contributed by atoms with van der Waals surface area (Å²) in [5, 5.41) is 23.1. The van der Waals surface area contributed by atoms with Crippen LogP contribution in [0.2, 0.25) is 0 Å². The summed E-state index contributed by atoms with van der Waals surface area (Å²) in [4.78, 5) is 12.5. The SMILES string of the molecule is CC/C=C\C/C=C\C/C=C\C/C=C\C/C=C\C/C=C\C/C=C\C/C=C\C/C=C\C/C=C\C/C=C\C/C=C\CCCCC(=O)NC(CO)C(O)/C=C/CC/C=C/CCCCCCCCCCCCCCCCCCCC. The van der Waals surface area contributed by atoms with E-state index < -0.39 is 12.1 Å². The lowest BCUT2D eigenvalue weighted by Crippen LogP contribution is -2.45. The number of allylic oxidation sites excluding steroid dienone is 27. The van der Waals surface area contributed by atoms with Gasteiger partial charge in [-0.25, -0.2) is 0 Å². The molecule has 2 atom stereocenters. The number of aliphatic hydroxyl groups is 2. The van der Waals surface area contributed by atoms with Gasteiger partial charge in [0.2, 0.25) is 5.91 Å². The fourth-order valence-electron chi connectivity index (χ4n) is 8.29. The zero-order valence-corrected chi connectivity index (χ0v) is 48.5. The highest BCUT2D eigenvalue weighted by Crippen LogP contribution is 2.15. The Balaban J connectivity index is 3.74. The van der Waals surface area contributed by atoms with E-state index >= 15 is 0 Å². The topological polar surface area (TPSA) is 69.6 Å². The van der Waals surface area contributed by atoms with Gasteiger partial charge in [-0.15, -0.1) is 0 Å². The first-order valence-electron chi connectivity index (χ1n) is 30.8. The summed E-state index contributed by atoms with van der Waals surface area (Å²) in [7, 11) is 0. The predicted molar refractivity (Wildman–Crippen MR) is 335 cm³/mol. The van der Waals surface area contributed by atoms with Crippen molar-refractivity contribution in [3.63, 3.8) is 0 Å². The van der Waals surface area contributed by atoms with Crippen LogP contribution < -0.4 is 5.32 Å². The molecule has 0 aliphatic carbocycles. The molecular formula is C71H115NO3. The lowest BCUT2D eigenvalue weighted by atomic mass is 10.0. The van der Waals surface area contributed by atoms with E-state index in [1.165, 1.54) is 116 Å². The van der Waals surface area contributed by atoms with Gasteiger partial charge in [0.05, 0.1) is 18.8 Å². The van der Waals surface area contributed by atoms with Crippen molar-refractivity contribution in [3.05, 3.63) is 170 Å². The summed E-state index contributed by atoms with van der Waals surface area (Å²) >= 11 is 0. The number of hydrogen-bond acceptors (Lipinski definition) is 3. The Morgan fingerprint density at radius 1 is 0.333 bits per heavy atom. The van der Waals surface area contributed by atoms with Crippen molar-refractivity contribution < 1.29 is 15.0 Å². The number of carbonyl (C=O) groups is 1. The van der Waals surface area contributed by atoms with E-state index in [1.807, 2.05) is 6.08 Å². The van der Waals surface area contributed by atoms with Crippen molar-refractivity contribution in [3.8, 4) is 0 Å². The van der Waals surface area contributed by atoms with E-state index in [-0.39, 0.29) is 12.5 Å². The third kappa shape index (κ3) is 60.5. The minimum Gasteiger partial charge on any atom is -0.394 e. The molecule has 0 fully saturated rings. The van der Waals surface area contributed by atoms with E-state index in [0.717, 1.165) is 116 Å². The third-order valence-electron chi connectivity index (χ3n) is 12.9. The molecule has 2 unspecified atom stereocenters. The first kappa shape index (κ1) is 70.8. The van der Waals surface area contributed by atoms with Crippen molar-refractivity contribution in [1.29, 1.82) is 0 Å². The van der Waals surface area contributed by atoms with Crippen LogP contribution in [-0.4, -0.2) is 34.9 Å². The maximum atomic E-state index is 12.5. The van der Waals surface area contributed by atoms with Gasteiger partial charge in [-0.05, 0) is 122 Å². The van der Waals surface area contributed by atoms with Gasteiger partial charge in [-0.1, -0.05) is 293 Å². The Morgan fingerprint density at radius 2 is 0.600 bits per heavy atom. The number of rotatable bonds is 54. The van der Waals surface area contributed by atoms with Crippen LogP contribution in [0, 0.1) is 0 Å². The van der Waals surface area contributed by atoms with Crippen molar-refractivity contribution >= 4 is 5.91 Å². The Morgan fingerprint density at radius 3 is 0.933 bits per heavy atom. The van der Waals surface area contributed by atoms with Crippen molar-refractivity contribution in [2.75, 3.05) is 6.61 Å². The van der Waals surface area contributed by atoms with E-state index in [2.05, 4.69) is 177 Å². The lowest BCUT2D eigenvalue weighted by Gasteiger charge is -2.19. The molecule has 0 saturated heterocycles. The maximum Gasteiger partial charge on any atom is 0.220 e. The second-order valence-electron chi connectivity index (χ2n) is 20.0.